The van der Waals surface area contributed by atoms with Gasteiger partial charge in [-0.05, 0) is 38.8 Å². The lowest BCUT2D eigenvalue weighted by Gasteiger charge is -2.37. The quantitative estimate of drug-likeness (QED) is 0.776. The van der Waals surface area contributed by atoms with Crippen molar-refractivity contribution in [1.29, 1.82) is 0 Å². The Bertz CT molecular complexity index is 358. The van der Waals surface area contributed by atoms with Crippen molar-refractivity contribution in [2.75, 3.05) is 32.7 Å². The van der Waals surface area contributed by atoms with E-state index in [1.54, 1.807) is 0 Å². The van der Waals surface area contributed by atoms with Crippen LogP contribution in [0.3, 0.4) is 0 Å². The summed E-state index contributed by atoms with van der Waals surface area (Å²) in [5.41, 5.74) is 0. The lowest BCUT2D eigenvalue weighted by Crippen LogP contribution is -2.47. The first-order valence-corrected chi connectivity index (χ1v) is 7.53. The molecule has 3 heterocycles. The van der Waals surface area contributed by atoms with E-state index in [0.717, 1.165) is 25.9 Å². The number of rotatable bonds is 2. The fraction of sp³-hybridized carbons (Fsp3) is 0.857. The number of carbonyl (C=O) groups is 2. The molecular weight excluding hydrogens is 242 g/mol. The van der Waals surface area contributed by atoms with Crippen LogP contribution in [0.25, 0.3) is 0 Å². The number of hydrogen-bond acceptors (Lipinski definition) is 3. The van der Waals surface area contributed by atoms with Gasteiger partial charge < -0.3 is 15.1 Å². The number of nitrogens with zero attached hydrogens (tertiary/aromatic N) is 2. The number of hydrogen-bond donors (Lipinski definition) is 1. The van der Waals surface area contributed by atoms with Gasteiger partial charge in [-0.3, -0.25) is 9.59 Å². The predicted molar refractivity (Wildman–Crippen MR) is 71.5 cm³/mol. The summed E-state index contributed by atoms with van der Waals surface area (Å²) in [7, 11) is 0. The van der Waals surface area contributed by atoms with E-state index < -0.39 is 0 Å². The molecule has 0 aromatic rings. The third kappa shape index (κ3) is 2.76. The molecule has 5 nitrogen and oxygen atoms in total. The van der Waals surface area contributed by atoms with Crippen LogP contribution < -0.4 is 5.32 Å². The van der Waals surface area contributed by atoms with E-state index in [1.165, 1.54) is 25.9 Å². The fourth-order valence-corrected chi connectivity index (χ4v) is 3.60. The molecule has 5 heteroatoms. The Kier molecular flexibility index (Phi) is 3.73. The Balaban J connectivity index is 1.49. The van der Waals surface area contributed by atoms with E-state index in [4.69, 9.17) is 0 Å². The largest absolute Gasteiger partial charge is 0.355 e. The van der Waals surface area contributed by atoms with E-state index in [-0.39, 0.29) is 17.7 Å². The molecule has 3 fully saturated rings. The van der Waals surface area contributed by atoms with Gasteiger partial charge in [0.25, 0.3) is 0 Å². The number of amides is 2. The molecule has 3 aliphatic rings. The lowest BCUT2D eigenvalue weighted by atomic mass is 10.0. The standard InChI is InChI=1S/C14H23N3O2/c18-13-9-11(10-15-13)14(19)17-7-3-12(4-8-17)16-5-1-2-6-16/h11-12H,1-10H2,(H,15,18). The highest BCUT2D eigenvalue weighted by Gasteiger charge is 2.34. The Labute approximate surface area is 114 Å². The van der Waals surface area contributed by atoms with Crippen molar-refractivity contribution < 1.29 is 9.59 Å². The summed E-state index contributed by atoms with van der Waals surface area (Å²) in [6.07, 6.45) is 5.23. The van der Waals surface area contributed by atoms with Gasteiger partial charge in [-0.25, -0.2) is 0 Å². The van der Waals surface area contributed by atoms with Crippen LogP contribution in [0, 0.1) is 5.92 Å². The molecular formula is C14H23N3O2. The monoisotopic (exact) mass is 265 g/mol. The molecule has 3 aliphatic heterocycles. The van der Waals surface area contributed by atoms with E-state index in [0.29, 0.717) is 19.0 Å². The molecule has 106 valence electrons. The smallest absolute Gasteiger partial charge is 0.227 e. The van der Waals surface area contributed by atoms with Crippen LogP contribution in [0.5, 0.6) is 0 Å². The topological polar surface area (TPSA) is 52.7 Å². The Morgan fingerprint density at radius 1 is 1.11 bits per heavy atom. The maximum atomic E-state index is 12.3. The predicted octanol–water partition coefficient (Wildman–Crippen LogP) is 0.209. The number of piperidine rings is 1. The first-order chi connectivity index (χ1) is 9.24. The zero-order chi connectivity index (χ0) is 13.2. The van der Waals surface area contributed by atoms with Crippen molar-refractivity contribution in [2.24, 2.45) is 5.92 Å². The highest BCUT2D eigenvalue weighted by molar-refractivity contribution is 5.89. The molecule has 1 unspecified atom stereocenters. The molecule has 0 aromatic heterocycles. The Morgan fingerprint density at radius 3 is 2.37 bits per heavy atom. The second-order valence-corrected chi connectivity index (χ2v) is 6.00. The van der Waals surface area contributed by atoms with Crippen LogP contribution in [0.15, 0.2) is 0 Å². The second kappa shape index (κ2) is 5.49. The SMILES string of the molecule is O=C1CC(C(=O)N2CCC(N3CCCC3)CC2)CN1. The van der Waals surface area contributed by atoms with Gasteiger partial charge in [0, 0.05) is 32.1 Å². The summed E-state index contributed by atoms with van der Waals surface area (Å²) >= 11 is 0. The van der Waals surface area contributed by atoms with E-state index in [1.807, 2.05) is 4.90 Å². The minimum absolute atomic E-state index is 0.0188. The normalized spacial score (nSPS) is 29.8. The van der Waals surface area contributed by atoms with E-state index in [9.17, 15) is 9.59 Å². The van der Waals surface area contributed by atoms with E-state index >= 15 is 0 Å². The second-order valence-electron chi connectivity index (χ2n) is 6.00. The van der Waals surface area contributed by atoms with Gasteiger partial charge in [-0.2, -0.15) is 0 Å². The highest BCUT2D eigenvalue weighted by atomic mass is 16.2. The summed E-state index contributed by atoms with van der Waals surface area (Å²) < 4.78 is 0. The van der Waals surface area contributed by atoms with Gasteiger partial charge in [0.1, 0.15) is 0 Å². The summed E-state index contributed by atoms with van der Waals surface area (Å²) in [6.45, 7) is 4.73. The van der Waals surface area contributed by atoms with Crippen molar-refractivity contribution in [3.63, 3.8) is 0 Å². The average molecular weight is 265 g/mol. The van der Waals surface area contributed by atoms with Gasteiger partial charge in [-0.15, -0.1) is 0 Å². The van der Waals surface area contributed by atoms with Crippen LogP contribution in [0.4, 0.5) is 0 Å². The van der Waals surface area contributed by atoms with Gasteiger partial charge in [-0.1, -0.05) is 0 Å². The third-order valence-corrected chi connectivity index (χ3v) is 4.76. The Morgan fingerprint density at radius 2 is 1.79 bits per heavy atom. The molecule has 19 heavy (non-hydrogen) atoms. The fourth-order valence-electron chi connectivity index (χ4n) is 3.60. The molecule has 0 bridgehead atoms. The van der Waals surface area contributed by atoms with Gasteiger partial charge in [0.15, 0.2) is 0 Å². The summed E-state index contributed by atoms with van der Waals surface area (Å²) in [6, 6.07) is 0.676. The lowest BCUT2D eigenvalue weighted by molar-refractivity contribution is -0.137. The minimum Gasteiger partial charge on any atom is -0.355 e. The average Bonchev–Trinajstić information content (AvgIpc) is 3.09. The summed E-state index contributed by atoms with van der Waals surface area (Å²) in [4.78, 5) is 28.0. The Hall–Kier alpha value is -1.10. The van der Waals surface area contributed by atoms with Gasteiger partial charge in [0.05, 0.1) is 5.92 Å². The van der Waals surface area contributed by atoms with Gasteiger partial charge >= 0.3 is 0 Å². The molecule has 0 spiro atoms. The highest BCUT2D eigenvalue weighted by Crippen LogP contribution is 2.23. The number of likely N-dealkylation sites (tertiary alicyclic amines) is 2. The first-order valence-electron chi connectivity index (χ1n) is 7.53. The van der Waals surface area contributed by atoms with Crippen LogP contribution >= 0.6 is 0 Å². The molecule has 1 atom stereocenters. The molecule has 0 aliphatic carbocycles. The number of nitrogens with one attached hydrogen (secondary N) is 1. The van der Waals surface area contributed by atoms with Gasteiger partial charge in [0.2, 0.25) is 11.8 Å². The third-order valence-electron chi connectivity index (χ3n) is 4.76. The first kappa shape index (κ1) is 12.9. The van der Waals surface area contributed by atoms with Crippen LogP contribution in [0.1, 0.15) is 32.1 Å². The molecule has 0 aromatic carbocycles. The molecule has 2 amide bonds. The van der Waals surface area contributed by atoms with Crippen molar-refractivity contribution in [1.82, 2.24) is 15.1 Å². The summed E-state index contributed by atoms with van der Waals surface area (Å²) in [5.74, 6) is 0.0827. The summed E-state index contributed by atoms with van der Waals surface area (Å²) in [5, 5.41) is 2.75. The molecule has 0 radical (unpaired) electrons. The maximum absolute atomic E-state index is 12.3. The van der Waals surface area contributed by atoms with Crippen molar-refractivity contribution in [3.05, 3.63) is 0 Å². The zero-order valence-electron chi connectivity index (χ0n) is 11.4. The molecule has 1 N–H and O–H groups in total. The molecule has 3 saturated heterocycles. The minimum atomic E-state index is -0.115. The van der Waals surface area contributed by atoms with Crippen molar-refractivity contribution >= 4 is 11.8 Å². The van der Waals surface area contributed by atoms with Crippen molar-refractivity contribution in [2.45, 2.75) is 38.1 Å². The van der Waals surface area contributed by atoms with Crippen LogP contribution in [0.2, 0.25) is 0 Å². The van der Waals surface area contributed by atoms with Crippen LogP contribution in [-0.4, -0.2) is 60.4 Å². The van der Waals surface area contributed by atoms with E-state index in [2.05, 4.69) is 10.2 Å². The molecule has 3 rings (SSSR count). The van der Waals surface area contributed by atoms with Crippen LogP contribution in [-0.2, 0) is 9.59 Å². The maximum Gasteiger partial charge on any atom is 0.227 e. The molecule has 0 saturated carbocycles. The zero-order valence-corrected chi connectivity index (χ0v) is 11.4. The number of carbonyl (C=O) groups excluding carboxylic acids is 2. The van der Waals surface area contributed by atoms with Crippen molar-refractivity contribution in [3.8, 4) is 0 Å².